The van der Waals surface area contributed by atoms with Crippen LogP contribution in [-0.4, -0.2) is 36.1 Å². The van der Waals surface area contributed by atoms with Gasteiger partial charge in [-0.05, 0) is 62.6 Å². The summed E-state index contributed by atoms with van der Waals surface area (Å²) in [7, 11) is 0. The van der Waals surface area contributed by atoms with Crippen molar-refractivity contribution in [2.75, 3.05) is 41.3 Å². The van der Waals surface area contributed by atoms with Crippen molar-refractivity contribution in [2.45, 2.75) is 27.7 Å². The first-order valence-electron chi connectivity index (χ1n) is 10.2. The van der Waals surface area contributed by atoms with E-state index in [2.05, 4.69) is 77.3 Å². The molecule has 1 N–H and O–H groups in total. The van der Waals surface area contributed by atoms with Crippen LogP contribution in [0.4, 0.5) is 23.1 Å². The predicted molar refractivity (Wildman–Crippen MR) is 122 cm³/mol. The Morgan fingerprint density at radius 3 is 2.28 bits per heavy atom. The maximum Gasteiger partial charge on any atom is 0.229 e. The molecule has 1 aliphatic heterocycles. The largest absolute Gasteiger partial charge is 0.368 e. The normalized spacial score (nSPS) is 14.2. The lowest BCUT2D eigenvalue weighted by molar-refractivity contribution is 0.645. The lowest BCUT2D eigenvalue weighted by Gasteiger charge is -2.37. The van der Waals surface area contributed by atoms with Gasteiger partial charge in [-0.1, -0.05) is 24.3 Å². The zero-order chi connectivity index (χ0) is 20.4. The Labute approximate surface area is 173 Å². The number of piperazine rings is 1. The minimum Gasteiger partial charge on any atom is -0.368 e. The van der Waals surface area contributed by atoms with Crippen molar-refractivity contribution < 1.29 is 0 Å². The number of aryl methyl sites for hydroxylation is 3. The number of nitrogens with one attached hydrogen (secondary N) is 1. The van der Waals surface area contributed by atoms with E-state index in [4.69, 9.17) is 4.98 Å². The first-order chi connectivity index (χ1) is 14.0. The third kappa shape index (κ3) is 4.34. The van der Waals surface area contributed by atoms with Gasteiger partial charge in [0.15, 0.2) is 0 Å². The van der Waals surface area contributed by atoms with E-state index in [1.54, 1.807) is 0 Å². The molecule has 29 heavy (non-hydrogen) atoms. The molecule has 1 fully saturated rings. The van der Waals surface area contributed by atoms with Gasteiger partial charge >= 0.3 is 0 Å². The second-order valence-corrected chi connectivity index (χ2v) is 7.88. The summed E-state index contributed by atoms with van der Waals surface area (Å²) < 4.78 is 0. The van der Waals surface area contributed by atoms with Gasteiger partial charge < -0.3 is 15.1 Å². The number of hydrogen-bond donors (Lipinski definition) is 1. The third-order valence-corrected chi connectivity index (χ3v) is 5.64. The standard InChI is InChI=1S/C24H29N5/c1-17-7-5-9-21(15-17)26-24-25-19(3)16-23(27-24)29-13-11-28(12-14-29)22-10-6-8-18(2)20(22)4/h5-10,15-16H,11-14H2,1-4H3,(H,25,26,27). The third-order valence-electron chi connectivity index (χ3n) is 5.64. The average Bonchev–Trinajstić information content (AvgIpc) is 2.70. The van der Waals surface area contributed by atoms with Crippen LogP contribution in [0.1, 0.15) is 22.4 Å². The van der Waals surface area contributed by atoms with Gasteiger partial charge in [-0.3, -0.25) is 0 Å². The van der Waals surface area contributed by atoms with Gasteiger partial charge in [0.25, 0.3) is 0 Å². The molecule has 0 radical (unpaired) electrons. The van der Waals surface area contributed by atoms with Crippen LogP contribution in [-0.2, 0) is 0 Å². The molecule has 3 aromatic rings. The molecule has 0 saturated carbocycles. The molecule has 2 heterocycles. The van der Waals surface area contributed by atoms with Crippen LogP contribution in [0.2, 0.25) is 0 Å². The fourth-order valence-corrected chi connectivity index (χ4v) is 3.88. The van der Waals surface area contributed by atoms with Crippen molar-refractivity contribution >= 4 is 23.1 Å². The summed E-state index contributed by atoms with van der Waals surface area (Å²) in [6.07, 6.45) is 0. The summed E-state index contributed by atoms with van der Waals surface area (Å²) in [5.74, 6) is 1.65. The lowest BCUT2D eigenvalue weighted by atomic mass is 10.1. The van der Waals surface area contributed by atoms with Crippen LogP contribution in [0.25, 0.3) is 0 Å². The van der Waals surface area contributed by atoms with Gasteiger partial charge in [0.1, 0.15) is 5.82 Å². The highest BCUT2D eigenvalue weighted by atomic mass is 15.3. The van der Waals surface area contributed by atoms with Crippen molar-refractivity contribution in [2.24, 2.45) is 0 Å². The Morgan fingerprint density at radius 1 is 0.793 bits per heavy atom. The Bertz CT molecular complexity index is 1010. The van der Waals surface area contributed by atoms with E-state index in [1.807, 2.05) is 19.1 Å². The number of benzene rings is 2. The Kier molecular flexibility index (Phi) is 5.38. The van der Waals surface area contributed by atoms with Crippen LogP contribution < -0.4 is 15.1 Å². The highest BCUT2D eigenvalue weighted by Crippen LogP contribution is 2.26. The first-order valence-corrected chi connectivity index (χ1v) is 10.2. The van der Waals surface area contributed by atoms with Gasteiger partial charge in [0.05, 0.1) is 0 Å². The molecule has 0 spiro atoms. The number of nitrogens with zero attached hydrogens (tertiary/aromatic N) is 4. The van der Waals surface area contributed by atoms with Crippen molar-refractivity contribution in [3.63, 3.8) is 0 Å². The van der Waals surface area contributed by atoms with Crippen molar-refractivity contribution in [3.05, 3.63) is 70.9 Å². The van der Waals surface area contributed by atoms with E-state index in [9.17, 15) is 0 Å². The summed E-state index contributed by atoms with van der Waals surface area (Å²) in [5, 5.41) is 3.35. The topological polar surface area (TPSA) is 44.3 Å². The van der Waals surface area contributed by atoms with Gasteiger partial charge in [0, 0.05) is 49.3 Å². The highest BCUT2D eigenvalue weighted by Gasteiger charge is 2.20. The monoisotopic (exact) mass is 387 g/mol. The van der Waals surface area contributed by atoms with E-state index in [0.29, 0.717) is 5.95 Å². The maximum absolute atomic E-state index is 4.80. The molecule has 4 rings (SSSR count). The molecule has 5 nitrogen and oxygen atoms in total. The summed E-state index contributed by atoms with van der Waals surface area (Å²) in [6.45, 7) is 12.4. The maximum atomic E-state index is 4.80. The van der Waals surface area contributed by atoms with Crippen molar-refractivity contribution in [3.8, 4) is 0 Å². The molecule has 1 saturated heterocycles. The van der Waals surface area contributed by atoms with Gasteiger partial charge in [-0.15, -0.1) is 0 Å². The number of anilines is 4. The van der Waals surface area contributed by atoms with E-state index in [1.165, 1.54) is 22.4 Å². The second-order valence-electron chi connectivity index (χ2n) is 7.88. The average molecular weight is 388 g/mol. The van der Waals surface area contributed by atoms with Gasteiger partial charge in [-0.25, -0.2) is 4.98 Å². The molecule has 0 atom stereocenters. The van der Waals surface area contributed by atoms with Crippen LogP contribution in [0.15, 0.2) is 48.5 Å². The number of aromatic nitrogens is 2. The zero-order valence-electron chi connectivity index (χ0n) is 17.7. The first kappa shape index (κ1) is 19.2. The van der Waals surface area contributed by atoms with E-state index < -0.39 is 0 Å². The summed E-state index contributed by atoms with van der Waals surface area (Å²) in [5.41, 5.74) is 7.28. The molecule has 1 aromatic heterocycles. The molecule has 1 aliphatic rings. The minimum atomic E-state index is 0.655. The van der Waals surface area contributed by atoms with E-state index >= 15 is 0 Å². The van der Waals surface area contributed by atoms with E-state index in [-0.39, 0.29) is 0 Å². The molecule has 0 bridgehead atoms. The Balaban J connectivity index is 1.48. The molecule has 5 heteroatoms. The smallest absolute Gasteiger partial charge is 0.229 e. The number of hydrogen-bond acceptors (Lipinski definition) is 5. The fourth-order valence-electron chi connectivity index (χ4n) is 3.88. The van der Waals surface area contributed by atoms with Crippen molar-refractivity contribution in [1.29, 1.82) is 0 Å². The van der Waals surface area contributed by atoms with Crippen LogP contribution in [0.3, 0.4) is 0 Å². The lowest BCUT2D eigenvalue weighted by Crippen LogP contribution is -2.47. The fraction of sp³-hybridized carbons (Fsp3) is 0.333. The van der Waals surface area contributed by atoms with Crippen LogP contribution in [0.5, 0.6) is 0 Å². The van der Waals surface area contributed by atoms with Gasteiger partial charge in [0.2, 0.25) is 5.95 Å². The SMILES string of the molecule is Cc1cccc(Nc2nc(C)cc(N3CCN(c4cccc(C)c4C)CC3)n2)c1. The minimum absolute atomic E-state index is 0.655. The van der Waals surface area contributed by atoms with Crippen LogP contribution >= 0.6 is 0 Å². The van der Waals surface area contributed by atoms with Gasteiger partial charge in [-0.2, -0.15) is 4.98 Å². The molecule has 0 amide bonds. The quantitative estimate of drug-likeness (QED) is 0.698. The predicted octanol–water partition coefficient (Wildman–Crippen LogP) is 4.78. The summed E-state index contributed by atoms with van der Waals surface area (Å²) in [6, 6.07) is 16.9. The number of rotatable bonds is 4. The highest BCUT2D eigenvalue weighted by molar-refractivity contribution is 5.59. The Hall–Kier alpha value is -3.08. The zero-order valence-corrected chi connectivity index (χ0v) is 17.7. The summed E-state index contributed by atoms with van der Waals surface area (Å²) in [4.78, 5) is 14.2. The second kappa shape index (κ2) is 8.11. The molecular formula is C24H29N5. The molecule has 0 unspecified atom stereocenters. The molecule has 150 valence electrons. The molecular weight excluding hydrogens is 358 g/mol. The van der Waals surface area contributed by atoms with Crippen LogP contribution in [0, 0.1) is 27.7 Å². The summed E-state index contributed by atoms with van der Waals surface area (Å²) >= 11 is 0. The van der Waals surface area contributed by atoms with Crippen molar-refractivity contribution in [1.82, 2.24) is 9.97 Å². The molecule has 2 aromatic carbocycles. The van der Waals surface area contributed by atoms with E-state index in [0.717, 1.165) is 43.4 Å². The Morgan fingerprint density at radius 2 is 1.52 bits per heavy atom. The molecule has 0 aliphatic carbocycles.